The summed E-state index contributed by atoms with van der Waals surface area (Å²) in [7, 11) is 0. The van der Waals surface area contributed by atoms with Gasteiger partial charge in [-0.15, -0.1) is 0 Å². The van der Waals surface area contributed by atoms with Crippen molar-refractivity contribution in [3.63, 3.8) is 0 Å². The van der Waals surface area contributed by atoms with Crippen LogP contribution < -0.4 is 0 Å². The van der Waals surface area contributed by atoms with E-state index in [1.54, 1.807) is 0 Å². The third kappa shape index (κ3) is 10.8. The monoisotopic (exact) mass is 857 g/mol. The quantitative estimate of drug-likeness (QED) is 0.0386. The van der Waals surface area contributed by atoms with Crippen LogP contribution in [0.5, 0.6) is 0 Å². The smallest absolute Gasteiger partial charge is 0.187 e. The van der Waals surface area contributed by atoms with E-state index in [4.69, 9.17) is 57.6 Å². The van der Waals surface area contributed by atoms with Crippen molar-refractivity contribution in [3.05, 3.63) is 190 Å². The van der Waals surface area contributed by atoms with Gasteiger partial charge >= 0.3 is 0 Å². The zero-order valence-corrected chi connectivity index (χ0v) is 34.6. The summed E-state index contributed by atoms with van der Waals surface area (Å²) in [5.74, 6) is 0. The molecule has 5 aromatic carbocycles. The van der Waals surface area contributed by atoms with Gasteiger partial charge in [0.15, 0.2) is 25.2 Å². The van der Waals surface area contributed by atoms with Crippen LogP contribution in [0, 0.1) is 0 Å². The zero-order chi connectivity index (χ0) is 42.6. The molecule has 12 atom stereocenters. The molecule has 14 nitrogen and oxygen atoms in total. The van der Waals surface area contributed by atoms with E-state index in [0.29, 0.717) is 0 Å². The molecule has 2 unspecified atom stereocenters. The lowest BCUT2D eigenvalue weighted by molar-refractivity contribution is -0.413. The van der Waals surface area contributed by atoms with Crippen molar-refractivity contribution in [3.8, 4) is 0 Å². The van der Waals surface area contributed by atoms with E-state index < -0.39 is 74.0 Å². The Balaban J connectivity index is 1.07. The number of hydrogen-bond acceptors (Lipinski definition) is 12. The van der Waals surface area contributed by atoms with Crippen LogP contribution in [0.1, 0.15) is 40.4 Å². The SMILES string of the molecule is [N-]=[N+]=NCCO[C@H]1O[C@@H]2COC(c3ccccc3)O[C@H]2[C@H](OCc2ccccc2)[C@@H]1O[C@@H]1O[C@@H]2COC(c3ccccc3)O[C@H]2[C@H](OCc2ccccc2)[C@@H]1OCc1ccccc1. The Kier molecular flexibility index (Phi) is 14.8. The Labute approximate surface area is 366 Å². The van der Waals surface area contributed by atoms with E-state index >= 15 is 0 Å². The van der Waals surface area contributed by atoms with Crippen molar-refractivity contribution < 1.29 is 52.1 Å². The Morgan fingerprint density at radius 1 is 0.476 bits per heavy atom. The second kappa shape index (κ2) is 21.6. The molecule has 14 heteroatoms. The summed E-state index contributed by atoms with van der Waals surface area (Å²) >= 11 is 0. The van der Waals surface area contributed by atoms with Crippen molar-refractivity contribution in [1.29, 1.82) is 0 Å². The fourth-order valence-corrected chi connectivity index (χ4v) is 8.31. The lowest BCUT2D eigenvalue weighted by Crippen LogP contribution is -2.68. The van der Waals surface area contributed by atoms with Crippen LogP contribution in [-0.2, 0) is 71.9 Å². The van der Waals surface area contributed by atoms with Crippen LogP contribution in [0.4, 0.5) is 0 Å². The van der Waals surface area contributed by atoms with Gasteiger partial charge in [-0.25, -0.2) is 0 Å². The van der Waals surface area contributed by atoms with E-state index in [1.807, 2.05) is 152 Å². The summed E-state index contributed by atoms with van der Waals surface area (Å²) in [5.41, 5.74) is 13.7. The first-order chi connectivity index (χ1) is 31.2. The molecule has 0 spiro atoms. The van der Waals surface area contributed by atoms with Gasteiger partial charge in [-0.2, -0.15) is 0 Å². The molecule has 4 aliphatic heterocycles. The maximum atomic E-state index is 9.08. The Bertz CT molecular complexity index is 2170. The van der Waals surface area contributed by atoms with E-state index in [1.165, 1.54) is 0 Å². The highest BCUT2D eigenvalue weighted by atomic mass is 16.8. The highest BCUT2D eigenvalue weighted by molar-refractivity contribution is 5.19. The van der Waals surface area contributed by atoms with Crippen molar-refractivity contribution in [1.82, 2.24) is 0 Å². The van der Waals surface area contributed by atoms with Gasteiger partial charge in [0, 0.05) is 22.6 Å². The molecule has 0 aliphatic carbocycles. The summed E-state index contributed by atoms with van der Waals surface area (Å²) in [6.07, 6.45) is -9.33. The fourth-order valence-electron chi connectivity index (χ4n) is 8.31. The molecule has 4 saturated heterocycles. The predicted octanol–water partition coefficient (Wildman–Crippen LogP) is 8.13. The van der Waals surface area contributed by atoms with Gasteiger partial charge in [-0.1, -0.05) is 157 Å². The molecule has 63 heavy (non-hydrogen) atoms. The maximum Gasteiger partial charge on any atom is 0.187 e. The van der Waals surface area contributed by atoms with E-state index in [9.17, 15) is 0 Å². The largest absolute Gasteiger partial charge is 0.368 e. The van der Waals surface area contributed by atoms with Crippen LogP contribution >= 0.6 is 0 Å². The van der Waals surface area contributed by atoms with Gasteiger partial charge < -0.3 is 52.1 Å². The van der Waals surface area contributed by atoms with Crippen molar-refractivity contribution >= 4 is 0 Å². The Hall–Kier alpha value is -5.03. The Morgan fingerprint density at radius 3 is 1.35 bits per heavy atom. The minimum Gasteiger partial charge on any atom is -0.368 e. The molecule has 4 aliphatic rings. The van der Waals surface area contributed by atoms with Crippen LogP contribution in [-0.4, -0.2) is 87.8 Å². The van der Waals surface area contributed by atoms with E-state index in [2.05, 4.69) is 10.0 Å². The van der Waals surface area contributed by atoms with Crippen LogP contribution in [0.25, 0.3) is 10.4 Å². The molecule has 9 rings (SSSR count). The molecule has 5 aromatic rings. The van der Waals surface area contributed by atoms with Crippen molar-refractivity contribution in [2.24, 2.45) is 5.11 Å². The van der Waals surface area contributed by atoms with Gasteiger partial charge in [0.1, 0.15) is 48.8 Å². The van der Waals surface area contributed by atoms with Gasteiger partial charge in [0.2, 0.25) is 0 Å². The first kappa shape index (κ1) is 43.2. The molecule has 0 amide bonds. The molecule has 0 bridgehead atoms. The van der Waals surface area contributed by atoms with Crippen LogP contribution in [0.15, 0.2) is 157 Å². The number of fused-ring (bicyclic) bond motifs is 2. The third-order valence-electron chi connectivity index (χ3n) is 11.4. The molecule has 0 N–H and O–H groups in total. The van der Waals surface area contributed by atoms with Crippen molar-refractivity contribution in [2.45, 2.75) is 93.8 Å². The molecule has 0 saturated carbocycles. The number of azide groups is 1. The fraction of sp³-hybridized carbons (Fsp3) is 0.388. The molecule has 4 fully saturated rings. The molecule has 0 aromatic heterocycles. The number of rotatable bonds is 17. The average molecular weight is 858 g/mol. The van der Waals surface area contributed by atoms with E-state index in [-0.39, 0.29) is 46.2 Å². The maximum absolute atomic E-state index is 9.08. The Morgan fingerprint density at radius 2 is 0.889 bits per heavy atom. The molecule has 4 heterocycles. The van der Waals surface area contributed by atoms with Crippen LogP contribution in [0.3, 0.4) is 0 Å². The lowest BCUT2D eigenvalue weighted by Gasteiger charge is -2.52. The first-order valence-corrected chi connectivity index (χ1v) is 21.4. The number of benzene rings is 5. The van der Waals surface area contributed by atoms with Crippen LogP contribution in [0.2, 0.25) is 0 Å². The molecular weight excluding hydrogens is 807 g/mol. The second-order valence-corrected chi connectivity index (χ2v) is 15.6. The highest BCUT2D eigenvalue weighted by Gasteiger charge is 2.57. The summed E-state index contributed by atoms with van der Waals surface area (Å²) in [6.45, 7) is 1.21. The summed E-state index contributed by atoms with van der Waals surface area (Å²) in [5, 5.41) is 3.70. The number of ether oxygens (including phenoxy) is 11. The topological polar surface area (TPSA) is 150 Å². The van der Waals surface area contributed by atoms with Gasteiger partial charge in [0.25, 0.3) is 0 Å². The summed E-state index contributed by atoms with van der Waals surface area (Å²) in [4.78, 5) is 2.91. The third-order valence-corrected chi connectivity index (χ3v) is 11.4. The normalized spacial score (nSPS) is 30.3. The average Bonchev–Trinajstić information content (AvgIpc) is 3.35. The molecule has 0 radical (unpaired) electrons. The molecule has 328 valence electrons. The second-order valence-electron chi connectivity index (χ2n) is 15.6. The number of hydrogen-bond donors (Lipinski definition) is 0. The van der Waals surface area contributed by atoms with Gasteiger partial charge in [0.05, 0.1) is 39.6 Å². The summed E-state index contributed by atoms with van der Waals surface area (Å²) < 4.78 is 73.9. The predicted molar refractivity (Wildman–Crippen MR) is 227 cm³/mol. The zero-order valence-electron chi connectivity index (χ0n) is 34.6. The van der Waals surface area contributed by atoms with Gasteiger partial charge in [-0.05, 0) is 22.2 Å². The summed E-state index contributed by atoms with van der Waals surface area (Å²) in [6, 6.07) is 49.3. The molecular formula is C49H51N3O11. The van der Waals surface area contributed by atoms with Gasteiger partial charge in [-0.3, -0.25) is 0 Å². The standard InChI is InChI=1S/C49H51N3O11/c50-52-51-26-27-53-48-45(43(55-29-34-18-8-2-9-19-34)41-38(59-48)31-57-47(62-41)37-24-14-5-15-25-37)63-49-44(56-30-35-20-10-3-11-21-35)42(54-28-33-16-6-1-7-17-33)40-39(60-49)32-58-46(61-40)36-22-12-4-13-23-36/h1-25,38-49H,26-32H2/t38-,39-,40-,41-,42+,43+,44+,45+,46?,47?,48+,49+/m1/s1. The minimum absolute atomic E-state index is 0.0429. The highest BCUT2D eigenvalue weighted by Crippen LogP contribution is 2.41. The van der Waals surface area contributed by atoms with E-state index in [0.717, 1.165) is 27.8 Å². The number of nitrogens with zero attached hydrogens (tertiary/aromatic N) is 3. The lowest BCUT2D eigenvalue weighted by atomic mass is 9.95. The van der Waals surface area contributed by atoms with Crippen molar-refractivity contribution in [2.75, 3.05) is 26.4 Å². The first-order valence-electron chi connectivity index (χ1n) is 21.4. The minimum atomic E-state index is -1.09.